The molecule has 1 rings (SSSR count). The molecular weight excluding hydrogens is 254 g/mol. The molecule has 0 fully saturated rings. The lowest BCUT2D eigenvalue weighted by Crippen LogP contribution is -2.15. The van der Waals surface area contributed by atoms with Gasteiger partial charge in [-0.25, -0.2) is 27.3 Å². The fourth-order valence-corrected chi connectivity index (χ4v) is 1.71. The van der Waals surface area contributed by atoms with Crippen molar-refractivity contribution in [3.63, 3.8) is 0 Å². The van der Waals surface area contributed by atoms with E-state index >= 15 is 0 Å². The average molecular weight is 259 g/mol. The number of aromatic hydroxyl groups is 1. The molecule has 9 heteroatoms. The molecule has 84 valence electrons. The summed E-state index contributed by atoms with van der Waals surface area (Å²) in [5, 5.41) is 13.1. The molecule has 0 saturated carbocycles. The summed E-state index contributed by atoms with van der Waals surface area (Å²) in [6.07, 6.45) is -3.16. The number of nitrogens with two attached hydrogens (primary N) is 1. The third-order valence-corrected chi connectivity index (χ3v) is 2.68. The van der Waals surface area contributed by atoms with E-state index in [0.29, 0.717) is 6.07 Å². The van der Waals surface area contributed by atoms with Gasteiger partial charge in [0.15, 0.2) is 10.9 Å². The zero-order valence-corrected chi connectivity index (χ0v) is 8.56. The van der Waals surface area contributed by atoms with Crippen molar-refractivity contribution in [1.82, 2.24) is 4.98 Å². The van der Waals surface area contributed by atoms with Crippen LogP contribution in [-0.4, -0.2) is 18.5 Å². The molecule has 1 aromatic rings. The predicted octanol–water partition coefficient (Wildman–Crippen LogP) is 1.03. The molecule has 15 heavy (non-hydrogen) atoms. The lowest BCUT2D eigenvalue weighted by molar-refractivity contribution is 0.142. The van der Waals surface area contributed by atoms with E-state index in [1.165, 1.54) is 0 Å². The van der Waals surface area contributed by atoms with Gasteiger partial charge in [-0.15, -0.1) is 0 Å². The zero-order chi connectivity index (χ0) is 11.8. The highest BCUT2D eigenvalue weighted by Gasteiger charge is 2.24. The Kier molecular flexibility index (Phi) is 3.12. The largest absolute Gasteiger partial charge is 0.505 e. The molecule has 0 radical (unpaired) electrons. The summed E-state index contributed by atoms with van der Waals surface area (Å²) in [5.74, 6) is -0.731. The number of hydrogen-bond acceptors (Lipinski definition) is 4. The summed E-state index contributed by atoms with van der Waals surface area (Å²) >= 11 is 5.25. The molecule has 0 saturated heterocycles. The number of primary sulfonamides is 1. The van der Waals surface area contributed by atoms with Crippen LogP contribution >= 0.6 is 11.6 Å². The van der Waals surface area contributed by atoms with Crippen LogP contribution < -0.4 is 5.14 Å². The minimum absolute atomic E-state index is 0.534. The Labute approximate surface area is 88.5 Å². The van der Waals surface area contributed by atoms with E-state index in [1.54, 1.807) is 0 Å². The van der Waals surface area contributed by atoms with E-state index in [9.17, 15) is 17.2 Å². The first kappa shape index (κ1) is 12.1. The van der Waals surface area contributed by atoms with Gasteiger partial charge in [0, 0.05) is 6.07 Å². The van der Waals surface area contributed by atoms with Gasteiger partial charge in [0.25, 0.3) is 6.43 Å². The van der Waals surface area contributed by atoms with Gasteiger partial charge < -0.3 is 5.11 Å². The fourth-order valence-electron chi connectivity index (χ4n) is 0.860. The summed E-state index contributed by atoms with van der Waals surface area (Å²) in [7, 11) is -4.38. The maximum absolute atomic E-state index is 12.3. The first-order valence-corrected chi connectivity index (χ1v) is 5.36. The Hall–Kier alpha value is -0.990. The quantitative estimate of drug-likeness (QED) is 0.775. The second-order valence-corrected chi connectivity index (χ2v) is 4.42. The third kappa shape index (κ3) is 2.52. The van der Waals surface area contributed by atoms with Gasteiger partial charge in [0.2, 0.25) is 10.0 Å². The van der Waals surface area contributed by atoms with Crippen LogP contribution in [0, 0.1) is 0 Å². The molecular formula is C6H5ClF2N2O3S. The second-order valence-electron chi connectivity index (χ2n) is 2.53. The van der Waals surface area contributed by atoms with Gasteiger partial charge in [-0.3, -0.25) is 0 Å². The van der Waals surface area contributed by atoms with Crippen molar-refractivity contribution in [3.8, 4) is 5.75 Å². The third-order valence-electron chi connectivity index (χ3n) is 1.46. The van der Waals surface area contributed by atoms with E-state index < -0.39 is 37.9 Å². The topological polar surface area (TPSA) is 93.3 Å². The van der Waals surface area contributed by atoms with E-state index in [-0.39, 0.29) is 0 Å². The first-order chi connectivity index (χ1) is 6.73. The maximum atomic E-state index is 12.3. The van der Waals surface area contributed by atoms with Gasteiger partial charge in [-0.2, -0.15) is 0 Å². The number of aromatic nitrogens is 1. The molecule has 1 aromatic heterocycles. The van der Waals surface area contributed by atoms with Crippen LogP contribution in [0.5, 0.6) is 5.75 Å². The molecule has 0 aliphatic rings. The van der Waals surface area contributed by atoms with Crippen molar-refractivity contribution in [3.05, 3.63) is 16.9 Å². The van der Waals surface area contributed by atoms with Gasteiger partial charge in [0.1, 0.15) is 10.6 Å². The Morgan fingerprint density at radius 3 is 2.47 bits per heavy atom. The smallest absolute Gasteiger partial charge is 0.281 e. The lowest BCUT2D eigenvalue weighted by Gasteiger charge is -2.07. The Morgan fingerprint density at radius 1 is 1.53 bits per heavy atom. The van der Waals surface area contributed by atoms with Crippen LogP contribution in [-0.2, 0) is 10.0 Å². The van der Waals surface area contributed by atoms with Gasteiger partial charge in [-0.05, 0) is 0 Å². The Balaban J connectivity index is 3.56. The molecule has 0 aromatic carbocycles. The highest BCUT2D eigenvalue weighted by molar-refractivity contribution is 7.89. The first-order valence-electron chi connectivity index (χ1n) is 3.44. The zero-order valence-electron chi connectivity index (χ0n) is 6.99. The number of nitrogens with zero attached hydrogens (tertiary/aromatic N) is 1. The monoisotopic (exact) mass is 258 g/mol. The Morgan fingerprint density at radius 2 is 2.07 bits per heavy atom. The average Bonchev–Trinajstić information content (AvgIpc) is 2.06. The van der Waals surface area contributed by atoms with Crippen molar-refractivity contribution in [2.24, 2.45) is 5.14 Å². The summed E-state index contributed by atoms with van der Waals surface area (Å²) in [4.78, 5) is 2.10. The van der Waals surface area contributed by atoms with E-state index in [4.69, 9.17) is 16.7 Å². The lowest BCUT2D eigenvalue weighted by atomic mass is 10.3. The molecule has 0 atom stereocenters. The number of rotatable bonds is 2. The van der Waals surface area contributed by atoms with Crippen molar-refractivity contribution >= 4 is 21.6 Å². The molecule has 0 aliphatic heterocycles. The Bertz CT molecular complexity index is 491. The number of sulfonamides is 1. The summed E-state index contributed by atoms with van der Waals surface area (Å²) in [5.41, 5.74) is -1.08. The minimum Gasteiger partial charge on any atom is -0.505 e. The van der Waals surface area contributed by atoms with Crippen LogP contribution in [0.25, 0.3) is 0 Å². The number of alkyl halides is 2. The van der Waals surface area contributed by atoms with Crippen LogP contribution in [0.3, 0.4) is 0 Å². The van der Waals surface area contributed by atoms with Crippen LogP contribution in [0.15, 0.2) is 11.0 Å². The van der Waals surface area contributed by atoms with Crippen molar-refractivity contribution in [2.45, 2.75) is 11.3 Å². The van der Waals surface area contributed by atoms with Gasteiger partial charge in [-0.1, -0.05) is 11.6 Å². The van der Waals surface area contributed by atoms with E-state index in [1.807, 2.05) is 0 Å². The molecule has 5 nitrogen and oxygen atoms in total. The van der Waals surface area contributed by atoms with Gasteiger partial charge >= 0.3 is 0 Å². The van der Waals surface area contributed by atoms with Crippen molar-refractivity contribution in [1.29, 1.82) is 0 Å². The predicted molar refractivity (Wildman–Crippen MR) is 47.2 cm³/mol. The van der Waals surface area contributed by atoms with E-state index in [0.717, 1.165) is 0 Å². The molecule has 3 N–H and O–H groups in total. The van der Waals surface area contributed by atoms with Crippen LogP contribution in [0.1, 0.15) is 12.1 Å². The molecule has 0 aliphatic carbocycles. The molecule has 1 heterocycles. The summed E-state index contributed by atoms with van der Waals surface area (Å²) in [6.45, 7) is 0. The molecule has 0 bridgehead atoms. The standard InChI is InChI=1S/C6H5ClF2N2O3S/c7-5-2(12)1-3(15(10,13)14)4(11-5)6(8)9/h1,6,12H,(H2,10,13,14). The normalized spacial score (nSPS) is 12.1. The molecule has 0 amide bonds. The van der Waals surface area contributed by atoms with Crippen molar-refractivity contribution in [2.75, 3.05) is 0 Å². The highest BCUT2D eigenvalue weighted by atomic mass is 35.5. The number of pyridine rings is 1. The van der Waals surface area contributed by atoms with Gasteiger partial charge in [0.05, 0.1) is 0 Å². The van der Waals surface area contributed by atoms with Crippen LogP contribution in [0.4, 0.5) is 8.78 Å². The summed E-state index contributed by atoms with van der Waals surface area (Å²) < 4.78 is 46.4. The minimum atomic E-state index is -4.38. The molecule has 0 unspecified atom stereocenters. The number of halogens is 3. The highest BCUT2D eigenvalue weighted by Crippen LogP contribution is 2.30. The summed E-state index contributed by atoms with van der Waals surface area (Å²) in [6, 6.07) is 0.534. The maximum Gasteiger partial charge on any atom is 0.281 e. The van der Waals surface area contributed by atoms with Crippen LogP contribution in [0.2, 0.25) is 5.15 Å². The second kappa shape index (κ2) is 3.87. The number of hydrogen-bond donors (Lipinski definition) is 2. The molecule has 0 spiro atoms. The van der Waals surface area contributed by atoms with Crippen molar-refractivity contribution < 1.29 is 22.3 Å². The fraction of sp³-hybridized carbons (Fsp3) is 0.167. The van der Waals surface area contributed by atoms with E-state index in [2.05, 4.69) is 10.1 Å². The SMILES string of the molecule is NS(=O)(=O)c1cc(O)c(Cl)nc1C(F)F.